The van der Waals surface area contributed by atoms with E-state index in [0.29, 0.717) is 24.6 Å². The Morgan fingerprint density at radius 1 is 1.14 bits per heavy atom. The molecular weight excluding hydrogens is 370 g/mol. The summed E-state index contributed by atoms with van der Waals surface area (Å²) in [6.07, 6.45) is 2.30. The molecule has 0 aliphatic carbocycles. The van der Waals surface area contributed by atoms with E-state index in [0.717, 1.165) is 24.3 Å². The monoisotopic (exact) mass is 389 g/mol. The van der Waals surface area contributed by atoms with Gasteiger partial charge in [-0.05, 0) is 41.1 Å². The van der Waals surface area contributed by atoms with Crippen LogP contribution >= 0.6 is 11.3 Å². The molecule has 0 saturated carbocycles. The topological polar surface area (TPSA) is 62.1 Å². The van der Waals surface area contributed by atoms with E-state index in [1.54, 1.807) is 23.7 Å². The van der Waals surface area contributed by atoms with Crippen LogP contribution in [0.1, 0.15) is 16.1 Å². The number of rotatable bonds is 4. The van der Waals surface area contributed by atoms with Gasteiger partial charge < -0.3 is 9.40 Å². The number of aromatic nitrogens is 2. The van der Waals surface area contributed by atoms with Gasteiger partial charge >= 0.3 is 0 Å². The summed E-state index contributed by atoms with van der Waals surface area (Å²) in [6.45, 7) is 2.39. The minimum absolute atomic E-state index is 0.0569. The zero-order valence-corrected chi connectivity index (χ0v) is 16.0. The van der Waals surface area contributed by atoms with Crippen LogP contribution < -0.4 is 5.56 Å². The first kappa shape index (κ1) is 17.2. The van der Waals surface area contributed by atoms with Crippen molar-refractivity contribution >= 4 is 11.3 Å². The lowest BCUT2D eigenvalue weighted by Crippen LogP contribution is -2.34. The number of benzene rings is 1. The van der Waals surface area contributed by atoms with E-state index in [-0.39, 0.29) is 5.56 Å². The third-order valence-corrected chi connectivity index (χ3v) is 5.97. The van der Waals surface area contributed by atoms with Crippen LogP contribution in [0.15, 0.2) is 69.4 Å². The molecule has 0 amide bonds. The van der Waals surface area contributed by atoms with Crippen LogP contribution in [0.3, 0.4) is 0 Å². The molecule has 3 aromatic heterocycles. The van der Waals surface area contributed by atoms with Gasteiger partial charge in [-0.15, -0.1) is 11.3 Å². The Morgan fingerprint density at radius 3 is 2.86 bits per heavy atom. The largest absolute Gasteiger partial charge is 0.461 e. The van der Waals surface area contributed by atoms with E-state index in [1.165, 1.54) is 16.0 Å². The van der Waals surface area contributed by atoms with Gasteiger partial charge in [0.25, 0.3) is 5.56 Å². The molecule has 0 spiro atoms. The highest BCUT2D eigenvalue weighted by atomic mass is 32.1. The first-order valence-electron chi connectivity index (χ1n) is 9.27. The van der Waals surface area contributed by atoms with Crippen LogP contribution in [-0.4, -0.2) is 21.4 Å². The van der Waals surface area contributed by atoms with Gasteiger partial charge in [0, 0.05) is 30.1 Å². The number of nitrogens with one attached hydrogen (secondary N) is 1. The van der Waals surface area contributed by atoms with Gasteiger partial charge in [-0.3, -0.25) is 9.69 Å². The van der Waals surface area contributed by atoms with Crippen molar-refractivity contribution < 1.29 is 4.42 Å². The Bertz CT molecular complexity index is 1150. The molecule has 5 nitrogen and oxygen atoms in total. The number of hydrogen-bond donors (Lipinski definition) is 1. The first-order valence-corrected chi connectivity index (χ1v) is 10.2. The molecule has 0 bridgehead atoms. The van der Waals surface area contributed by atoms with Gasteiger partial charge in [-0.1, -0.05) is 30.3 Å². The van der Waals surface area contributed by atoms with Crippen LogP contribution in [0.25, 0.3) is 22.7 Å². The summed E-state index contributed by atoms with van der Waals surface area (Å²) < 4.78 is 5.39. The number of fused-ring (bicyclic) bond motifs is 1. The van der Waals surface area contributed by atoms with Crippen molar-refractivity contribution in [1.82, 2.24) is 14.9 Å². The summed E-state index contributed by atoms with van der Waals surface area (Å²) in [6, 6.07) is 16.3. The summed E-state index contributed by atoms with van der Waals surface area (Å²) in [7, 11) is 0. The number of nitrogens with zero attached hydrogens (tertiary/aromatic N) is 2. The normalized spacial score (nSPS) is 14.1. The average molecular weight is 389 g/mol. The SMILES string of the molecule is O=c1[nH]c(-c2ccco2)nc2c1CCN(Cc1cc(-c3ccccc3)cs1)C2. The lowest BCUT2D eigenvalue weighted by Gasteiger charge is -2.27. The van der Waals surface area contributed by atoms with Gasteiger partial charge in [0.1, 0.15) is 0 Å². The van der Waals surface area contributed by atoms with Crippen molar-refractivity contribution in [3.8, 4) is 22.7 Å². The third kappa shape index (κ3) is 3.32. The Balaban J connectivity index is 1.36. The average Bonchev–Trinajstić information content (AvgIpc) is 3.41. The smallest absolute Gasteiger partial charge is 0.254 e. The number of aromatic amines is 1. The fourth-order valence-corrected chi connectivity index (χ4v) is 4.56. The van der Waals surface area contributed by atoms with E-state index >= 15 is 0 Å². The summed E-state index contributed by atoms with van der Waals surface area (Å²) in [5.74, 6) is 1.08. The Hall–Kier alpha value is -2.96. The van der Waals surface area contributed by atoms with Crippen molar-refractivity contribution in [2.75, 3.05) is 6.54 Å². The Morgan fingerprint density at radius 2 is 2.04 bits per heavy atom. The highest BCUT2D eigenvalue weighted by molar-refractivity contribution is 7.10. The van der Waals surface area contributed by atoms with E-state index in [4.69, 9.17) is 4.42 Å². The fourth-order valence-electron chi connectivity index (χ4n) is 3.62. The molecule has 4 aromatic rings. The highest BCUT2D eigenvalue weighted by Crippen LogP contribution is 2.27. The van der Waals surface area contributed by atoms with Crippen molar-refractivity contribution in [1.29, 1.82) is 0 Å². The Labute approximate surface area is 166 Å². The van der Waals surface area contributed by atoms with Gasteiger partial charge in [0.2, 0.25) is 0 Å². The summed E-state index contributed by atoms with van der Waals surface area (Å²) in [4.78, 5) is 23.6. The molecule has 28 heavy (non-hydrogen) atoms. The van der Waals surface area contributed by atoms with E-state index in [2.05, 4.69) is 50.6 Å². The van der Waals surface area contributed by atoms with Crippen LogP contribution in [0.4, 0.5) is 0 Å². The van der Waals surface area contributed by atoms with Gasteiger partial charge in [0.15, 0.2) is 11.6 Å². The predicted molar refractivity (Wildman–Crippen MR) is 110 cm³/mol. The molecule has 1 aromatic carbocycles. The molecule has 1 aliphatic heterocycles. The highest BCUT2D eigenvalue weighted by Gasteiger charge is 2.22. The van der Waals surface area contributed by atoms with Gasteiger partial charge in [0.05, 0.1) is 12.0 Å². The molecule has 0 fully saturated rings. The van der Waals surface area contributed by atoms with Crippen LogP contribution in [0.2, 0.25) is 0 Å². The van der Waals surface area contributed by atoms with Crippen LogP contribution in [-0.2, 0) is 19.5 Å². The predicted octanol–water partition coefficient (Wildman–Crippen LogP) is 4.32. The molecule has 0 saturated heterocycles. The molecule has 0 unspecified atom stereocenters. The van der Waals surface area contributed by atoms with Crippen LogP contribution in [0.5, 0.6) is 0 Å². The second kappa shape index (κ2) is 7.22. The summed E-state index contributed by atoms with van der Waals surface area (Å²) >= 11 is 1.78. The molecule has 1 N–H and O–H groups in total. The molecular formula is C22H19N3O2S. The number of thiophene rings is 1. The maximum atomic E-state index is 12.5. The maximum Gasteiger partial charge on any atom is 0.254 e. The zero-order valence-electron chi connectivity index (χ0n) is 15.2. The van der Waals surface area contributed by atoms with Crippen molar-refractivity contribution in [3.63, 3.8) is 0 Å². The molecule has 6 heteroatoms. The zero-order chi connectivity index (χ0) is 18.9. The summed E-state index contributed by atoms with van der Waals surface area (Å²) in [5, 5.41) is 2.21. The van der Waals surface area contributed by atoms with E-state index < -0.39 is 0 Å². The van der Waals surface area contributed by atoms with E-state index in [1.807, 2.05) is 12.1 Å². The minimum Gasteiger partial charge on any atom is -0.461 e. The van der Waals surface area contributed by atoms with Crippen molar-refractivity contribution in [2.24, 2.45) is 0 Å². The van der Waals surface area contributed by atoms with Crippen LogP contribution in [0, 0.1) is 0 Å². The van der Waals surface area contributed by atoms with Crippen molar-refractivity contribution in [3.05, 3.63) is 86.7 Å². The van der Waals surface area contributed by atoms with Gasteiger partial charge in [-0.2, -0.15) is 0 Å². The molecule has 5 rings (SSSR count). The standard InChI is InChI=1S/C22H19N3O2S/c26-22-18-8-9-25(13-19(18)23-21(24-22)20-7-4-10-27-20)12-17-11-16(14-28-17)15-5-2-1-3-6-15/h1-7,10-11,14H,8-9,12-13H2,(H,23,24,26). The molecule has 0 radical (unpaired) electrons. The maximum absolute atomic E-state index is 12.5. The number of furan rings is 1. The molecule has 4 heterocycles. The number of hydrogen-bond acceptors (Lipinski definition) is 5. The fraction of sp³-hybridized carbons (Fsp3) is 0.182. The molecule has 1 aliphatic rings. The first-order chi connectivity index (χ1) is 13.8. The van der Waals surface area contributed by atoms with E-state index in [9.17, 15) is 4.79 Å². The number of H-pyrrole nitrogens is 1. The third-order valence-electron chi connectivity index (χ3n) is 5.05. The minimum atomic E-state index is -0.0569. The Kier molecular flexibility index (Phi) is 4.43. The second-order valence-electron chi connectivity index (χ2n) is 6.95. The lowest BCUT2D eigenvalue weighted by atomic mass is 10.1. The van der Waals surface area contributed by atoms with Crippen molar-refractivity contribution in [2.45, 2.75) is 19.5 Å². The molecule has 0 atom stereocenters. The lowest BCUT2D eigenvalue weighted by molar-refractivity contribution is 0.242. The molecule has 140 valence electrons. The second-order valence-corrected chi connectivity index (χ2v) is 7.94. The quantitative estimate of drug-likeness (QED) is 0.565. The van der Waals surface area contributed by atoms with Gasteiger partial charge in [-0.25, -0.2) is 4.98 Å². The summed E-state index contributed by atoms with van der Waals surface area (Å²) in [5.41, 5.74) is 4.08.